The fourth-order valence-corrected chi connectivity index (χ4v) is 1.96. The number of hydrogen-bond acceptors (Lipinski definition) is 3. The highest BCUT2D eigenvalue weighted by Gasteiger charge is 2.28. The van der Waals surface area contributed by atoms with E-state index in [9.17, 15) is 13.2 Å². The number of rotatable bonds is 4. The van der Waals surface area contributed by atoms with Crippen molar-refractivity contribution in [1.29, 1.82) is 0 Å². The van der Waals surface area contributed by atoms with Crippen molar-refractivity contribution in [2.75, 3.05) is 12.3 Å². The maximum absolute atomic E-state index is 12.3. The van der Waals surface area contributed by atoms with Crippen LogP contribution in [0.2, 0.25) is 0 Å². The molecule has 3 nitrogen and oxygen atoms in total. The number of fused-ring (bicyclic) bond motifs is 1. The van der Waals surface area contributed by atoms with E-state index in [1.54, 1.807) is 18.2 Å². The van der Waals surface area contributed by atoms with E-state index in [0.29, 0.717) is 23.0 Å². The second-order valence-corrected chi connectivity index (χ2v) is 4.51. The van der Waals surface area contributed by atoms with Crippen LogP contribution in [0.4, 0.5) is 18.9 Å². The summed E-state index contributed by atoms with van der Waals surface area (Å²) < 4.78 is 41.6. The number of nitrogen functional groups attached to an aromatic ring is 1. The van der Waals surface area contributed by atoms with Gasteiger partial charge in [-0.05, 0) is 18.6 Å². The molecule has 0 unspecified atom stereocenters. The lowest BCUT2D eigenvalue weighted by Crippen LogP contribution is -2.19. The van der Waals surface area contributed by atoms with E-state index >= 15 is 0 Å². The van der Waals surface area contributed by atoms with Crippen LogP contribution in [0.1, 0.15) is 19.0 Å². The Kier molecular flexibility index (Phi) is 4.01. The van der Waals surface area contributed by atoms with Crippen molar-refractivity contribution in [3.05, 3.63) is 30.0 Å². The van der Waals surface area contributed by atoms with Gasteiger partial charge in [0.1, 0.15) is 11.3 Å². The number of pyridine rings is 1. The Balaban J connectivity index is 2.43. The average Bonchev–Trinajstić information content (AvgIpc) is 2.36. The van der Waals surface area contributed by atoms with Gasteiger partial charge in [0.05, 0.1) is 0 Å². The Morgan fingerprint density at radius 1 is 1.30 bits per heavy atom. The minimum absolute atomic E-state index is 0.101. The standard InChI is InChI=1S/C14H15F3N2O/c1-2-4-9-7-11(18)10-5-3-6-12(13(10)19-9)20-8-14(15,16)17/h3,5-7H,2,4,8H2,1H3,(H2,18,19). The van der Waals surface area contributed by atoms with Crippen molar-refractivity contribution in [3.8, 4) is 5.75 Å². The Labute approximate surface area is 114 Å². The molecule has 2 aromatic rings. The van der Waals surface area contributed by atoms with Crippen LogP contribution in [-0.2, 0) is 6.42 Å². The van der Waals surface area contributed by atoms with Gasteiger partial charge in [0.15, 0.2) is 6.61 Å². The Morgan fingerprint density at radius 3 is 2.70 bits per heavy atom. The molecule has 0 amide bonds. The summed E-state index contributed by atoms with van der Waals surface area (Å²) in [6.45, 7) is 0.653. The Morgan fingerprint density at radius 2 is 2.05 bits per heavy atom. The minimum Gasteiger partial charge on any atom is -0.482 e. The number of benzene rings is 1. The Bertz CT molecular complexity index is 611. The van der Waals surface area contributed by atoms with Crippen LogP contribution in [0.15, 0.2) is 24.3 Å². The topological polar surface area (TPSA) is 48.1 Å². The van der Waals surface area contributed by atoms with Crippen LogP contribution in [0, 0.1) is 0 Å². The number of ether oxygens (including phenoxy) is 1. The van der Waals surface area contributed by atoms with Crippen LogP contribution in [-0.4, -0.2) is 17.8 Å². The van der Waals surface area contributed by atoms with Gasteiger partial charge in [-0.25, -0.2) is 4.98 Å². The van der Waals surface area contributed by atoms with Gasteiger partial charge in [0, 0.05) is 16.8 Å². The van der Waals surface area contributed by atoms with E-state index < -0.39 is 12.8 Å². The summed E-state index contributed by atoms with van der Waals surface area (Å²) in [5.41, 5.74) is 7.54. The van der Waals surface area contributed by atoms with Crippen LogP contribution in [0.25, 0.3) is 10.9 Å². The predicted octanol–water partition coefficient (Wildman–Crippen LogP) is 3.71. The zero-order valence-electron chi connectivity index (χ0n) is 11.0. The molecule has 2 N–H and O–H groups in total. The lowest BCUT2D eigenvalue weighted by Gasteiger charge is -2.12. The van der Waals surface area contributed by atoms with Gasteiger partial charge < -0.3 is 10.5 Å². The lowest BCUT2D eigenvalue weighted by atomic mass is 10.1. The lowest BCUT2D eigenvalue weighted by molar-refractivity contribution is -0.153. The third-order valence-electron chi connectivity index (χ3n) is 2.79. The first-order valence-electron chi connectivity index (χ1n) is 6.28. The molecular weight excluding hydrogens is 269 g/mol. The molecule has 0 atom stereocenters. The van der Waals surface area contributed by atoms with Crippen molar-refractivity contribution in [2.45, 2.75) is 25.9 Å². The molecule has 1 heterocycles. The average molecular weight is 284 g/mol. The third kappa shape index (κ3) is 3.31. The van der Waals surface area contributed by atoms with E-state index in [1.807, 2.05) is 6.92 Å². The quantitative estimate of drug-likeness (QED) is 0.931. The number of para-hydroxylation sites is 1. The maximum atomic E-state index is 12.3. The SMILES string of the molecule is CCCc1cc(N)c2cccc(OCC(F)(F)F)c2n1. The molecule has 0 saturated heterocycles. The van der Waals surface area contributed by atoms with E-state index in [2.05, 4.69) is 4.98 Å². The van der Waals surface area contributed by atoms with Crippen molar-refractivity contribution >= 4 is 16.6 Å². The molecule has 1 aromatic carbocycles. The number of anilines is 1. The molecule has 0 aliphatic carbocycles. The summed E-state index contributed by atoms with van der Waals surface area (Å²) in [7, 11) is 0. The number of halogens is 3. The molecule has 0 spiro atoms. The van der Waals surface area contributed by atoms with E-state index in [4.69, 9.17) is 10.5 Å². The summed E-state index contributed by atoms with van der Waals surface area (Å²) in [6.07, 6.45) is -2.79. The summed E-state index contributed by atoms with van der Waals surface area (Å²) >= 11 is 0. The number of hydrogen-bond donors (Lipinski definition) is 1. The predicted molar refractivity (Wildman–Crippen MR) is 71.7 cm³/mol. The number of alkyl halides is 3. The smallest absolute Gasteiger partial charge is 0.422 e. The second kappa shape index (κ2) is 5.56. The zero-order chi connectivity index (χ0) is 14.8. The van der Waals surface area contributed by atoms with Crippen LogP contribution in [0.5, 0.6) is 5.75 Å². The highest BCUT2D eigenvalue weighted by Crippen LogP contribution is 2.30. The third-order valence-corrected chi connectivity index (χ3v) is 2.79. The van der Waals surface area contributed by atoms with Crippen molar-refractivity contribution < 1.29 is 17.9 Å². The number of aromatic nitrogens is 1. The van der Waals surface area contributed by atoms with Crippen molar-refractivity contribution in [2.24, 2.45) is 0 Å². The summed E-state index contributed by atoms with van der Waals surface area (Å²) in [5, 5.41) is 0.601. The number of nitrogens with two attached hydrogens (primary N) is 1. The van der Waals surface area contributed by atoms with Gasteiger partial charge in [-0.2, -0.15) is 13.2 Å². The molecule has 0 bridgehead atoms. The molecule has 0 aliphatic heterocycles. The highest BCUT2D eigenvalue weighted by molar-refractivity contribution is 5.94. The van der Waals surface area contributed by atoms with Crippen LogP contribution in [0.3, 0.4) is 0 Å². The second-order valence-electron chi connectivity index (χ2n) is 4.51. The Hall–Kier alpha value is -1.98. The molecule has 0 radical (unpaired) electrons. The fraction of sp³-hybridized carbons (Fsp3) is 0.357. The maximum Gasteiger partial charge on any atom is 0.422 e. The first-order valence-corrected chi connectivity index (χ1v) is 6.28. The first-order chi connectivity index (χ1) is 9.40. The largest absolute Gasteiger partial charge is 0.482 e. The van der Waals surface area contributed by atoms with Gasteiger partial charge in [0.25, 0.3) is 0 Å². The van der Waals surface area contributed by atoms with Gasteiger partial charge in [-0.15, -0.1) is 0 Å². The molecule has 2 rings (SSSR count). The summed E-state index contributed by atoms with van der Waals surface area (Å²) in [6, 6.07) is 6.54. The molecule has 6 heteroatoms. The minimum atomic E-state index is -4.38. The summed E-state index contributed by atoms with van der Waals surface area (Å²) in [5.74, 6) is 0.101. The highest BCUT2D eigenvalue weighted by atomic mass is 19.4. The van der Waals surface area contributed by atoms with E-state index in [-0.39, 0.29) is 5.75 Å². The normalized spacial score (nSPS) is 11.8. The molecule has 0 aliphatic rings. The van der Waals surface area contributed by atoms with Gasteiger partial charge in [0.2, 0.25) is 0 Å². The number of nitrogens with zero attached hydrogens (tertiary/aromatic N) is 1. The van der Waals surface area contributed by atoms with E-state index in [0.717, 1.165) is 12.1 Å². The van der Waals surface area contributed by atoms with Crippen molar-refractivity contribution in [3.63, 3.8) is 0 Å². The van der Waals surface area contributed by atoms with Gasteiger partial charge in [-0.3, -0.25) is 0 Å². The molecule has 0 fully saturated rings. The molecule has 20 heavy (non-hydrogen) atoms. The monoisotopic (exact) mass is 284 g/mol. The zero-order valence-corrected chi connectivity index (χ0v) is 11.0. The number of aryl methyl sites for hydroxylation is 1. The summed E-state index contributed by atoms with van der Waals surface area (Å²) in [4.78, 5) is 4.35. The van der Waals surface area contributed by atoms with Gasteiger partial charge >= 0.3 is 6.18 Å². The molecule has 108 valence electrons. The van der Waals surface area contributed by atoms with Crippen LogP contribution < -0.4 is 10.5 Å². The van der Waals surface area contributed by atoms with Crippen molar-refractivity contribution in [1.82, 2.24) is 4.98 Å². The van der Waals surface area contributed by atoms with Gasteiger partial charge in [-0.1, -0.05) is 25.5 Å². The fourth-order valence-electron chi connectivity index (χ4n) is 1.96. The molecule has 1 aromatic heterocycles. The van der Waals surface area contributed by atoms with Crippen LogP contribution >= 0.6 is 0 Å². The van der Waals surface area contributed by atoms with E-state index in [1.165, 1.54) is 6.07 Å². The molecular formula is C14H15F3N2O. The molecule has 0 saturated carbocycles. The first kappa shape index (κ1) is 14.4.